The molecule has 3 rings (SSSR count). The van der Waals surface area contributed by atoms with Gasteiger partial charge in [-0.2, -0.15) is 0 Å². The molecule has 0 spiro atoms. The lowest BCUT2D eigenvalue weighted by atomic mass is 10.0. The first-order valence-corrected chi connectivity index (χ1v) is 6.18. The van der Waals surface area contributed by atoms with Crippen molar-refractivity contribution in [2.24, 2.45) is 5.73 Å². The van der Waals surface area contributed by atoms with Crippen LogP contribution in [0.2, 0.25) is 0 Å². The van der Waals surface area contributed by atoms with Crippen molar-refractivity contribution in [2.45, 2.75) is 0 Å². The van der Waals surface area contributed by atoms with Crippen molar-refractivity contribution in [3.05, 3.63) is 45.8 Å². The van der Waals surface area contributed by atoms with E-state index in [1.54, 1.807) is 24.3 Å². The van der Waals surface area contributed by atoms with Gasteiger partial charge in [0.1, 0.15) is 16.7 Å². The number of primary amides is 1. The Labute approximate surface area is 110 Å². The van der Waals surface area contributed by atoms with Crippen molar-refractivity contribution in [3.63, 3.8) is 0 Å². The number of nitrogens with two attached hydrogens (primary N) is 1. The lowest BCUT2D eigenvalue weighted by Crippen LogP contribution is -2.18. The molecule has 0 radical (unpaired) electrons. The number of carbonyl (C=O) groups excluding carboxylic acids is 1. The highest BCUT2D eigenvalue weighted by molar-refractivity contribution is 7.12. The highest BCUT2D eigenvalue weighted by Crippen LogP contribution is 2.27. The van der Waals surface area contributed by atoms with Crippen molar-refractivity contribution < 1.29 is 9.21 Å². The normalized spacial score (nSPS) is 10.7. The molecule has 6 nitrogen and oxygen atoms in total. The van der Waals surface area contributed by atoms with Crippen LogP contribution in [0.5, 0.6) is 0 Å². The van der Waals surface area contributed by atoms with Gasteiger partial charge in [0, 0.05) is 5.39 Å². The van der Waals surface area contributed by atoms with Crippen LogP contribution in [-0.4, -0.2) is 16.1 Å². The molecule has 0 aliphatic carbocycles. The molecule has 0 saturated heterocycles. The van der Waals surface area contributed by atoms with Crippen LogP contribution in [-0.2, 0) is 0 Å². The molecule has 3 aromatic rings. The van der Waals surface area contributed by atoms with Crippen LogP contribution in [0, 0.1) is 0 Å². The van der Waals surface area contributed by atoms with Crippen LogP contribution >= 0.6 is 11.3 Å². The zero-order valence-electron chi connectivity index (χ0n) is 9.49. The monoisotopic (exact) mass is 273 g/mol. The lowest BCUT2D eigenvalue weighted by Gasteiger charge is -2.05. The SMILES string of the molecule is NC(=O)c1c(-c2nncs2)c(=O)oc2ccccc12. The van der Waals surface area contributed by atoms with E-state index in [1.807, 2.05) is 0 Å². The van der Waals surface area contributed by atoms with Crippen molar-refractivity contribution in [1.29, 1.82) is 0 Å². The molecule has 7 heteroatoms. The van der Waals surface area contributed by atoms with Gasteiger partial charge in [-0.05, 0) is 6.07 Å². The molecule has 0 aliphatic rings. The number of hydrogen-bond acceptors (Lipinski definition) is 6. The first kappa shape index (κ1) is 11.5. The Kier molecular flexibility index (Phi) is 2.60. The van der Waals surface area contributed by atoms with Crippen molar-refractivity contribution in [2.75, 3.05) is 0 Å². The fraction of sp³-hybridized carbons (Fsp3) is 0. The predicted octanol–water partition coefficient (Wildman–Crippen LogP) is 1.41. The van der Waals surface area contributed by atoms with E-state index in [4.69, 9.17) is 10.2 Å². The Morgan fingerprint density at radius 3 is 2.79 bits per heavy atom. The zero-order chi connectivity index (χ0) is 13.4. The van der Waals surface area contributed by atoms with Crippen LogP contribution in [0.15, 0.2) is 39.0 Å². The molecule has 0 unspecified atom stereocenters. The average molecular weight is 273 g/mol. The maximum atomic E-state index is 12.0. The summed E-state index contributed by atoms with van der Waals surface area (Å²) in [5.74, 6) is -0.700. The highest BCUT2D eigenvalue weighted by atomic mass is 32.1. The van der Waals surface area contributed by atoms with Gasteiger partial charge in [-0.15, -0.1) is 10.2 Å². The number of aromatic nitrogens is 2. The summed E-state index contributed by atoms with van der Waals surface area (Å²) >= 11 is 1.14. The maximum absolute atomic E-state index is 12.0. The standard InChI is InChI=1S/C12H7N3O3S/c13-10(16)8-6-3-1-2-4-7(6)18-12(17)9(8)11-15-14-5-19-11/h1-5H,(H2,13,16). The second kappa shape index (κ2) is 4.29. The number of fused-ring (bicyclic) bond motifs is 1. The molecule has 0 saturated carbocycles. The first-order valence-electron chi connectivity index (χ1n) is 5.30. The summed E-state index contributed by atoms with van der Waals surface area (Å²) in [5.41, 5.74) is 6.70. The molecular formula is C12H7N3O3S. The fourth-order valence-corrected chi connectivity index (χ4v) is 2.47. The van der Waals surface area contributed by atoms with Gasteiger partial charge in [-0.1, -0.05) is 29.5 Å². The maximum Gasteiger partial charge on any atom is 0.347 e. The topological polar surface area (TPSA) is 99.1 Å². The minimum absolute atomic E-state index is 0.0636. The second-order valence-electron chi connectivity index (χ2n) is 3.74. The molecule has 0 atom stereocenters. The lowest BCUT2D eigenvalue weighted by molar-refractivity contribution is 0.100. The van der Waals surface area contributed by atoms with E-state index in [2.05, 4.69) is 10.2 Å². The van der Waals surface area contributed by atoms with Crippen LogP contribution in [0.3, 0.4) is 0 Å². The predicted molar refractivity (Wildman–Crippen MR) is 69.9 cm³/mol. The zero-order valence-corrected chi connectivity index (χ0v) is 10.3. The third-order valence-corrected chi connectivity index (χ3v) is 3.34. The van der Waals surface area contributed by atoms with Crippen LogP contribution < -0.4 is 11.4 Å². The molecule has 2 heterocycles. The molecule has 2 N–H and O–H groups in total. The second-order valence-corrected chi connectivity index (χ2v) is 4.58. The van der Waals surface area contributed by atoms with Gasteiger partial charge >= 0.3 is 5.63 Å². The van der Waals surface area contributed by atoms with Gasteiger partial charge in [0.2, 0.25) is 5.91 Å². The number of carbonyl (C=O) groups is 1. The van der Waals surface area contributed by atoms with E-state index in [0.29, 0.717) is 16.0 Å². The molecule has 19 heavy (non-hydrogen) atoms. The van der Waals surface area contributed by atoms with Gasteiger partial charge in [0.05, 0.1) is 5.56 Å². The molecule has 1 amide bonds. The summed E-state index contributed by atoms with van der Waals surface area (Å²) in [4.78, 5) is 23.7. The van der Waals surface area contributed by atoms with E-state index in [0.717, 1.165) is 11.3 Å². The Morgan fingerprint density at radius 2 is 2.11 bits per heavy atom. The third kappa shape index (κ3) is 1.80. The fourth-order valence-electron chi connectivity index (χ4n) is 1.88. The molecular weight excluding hydrogens is 266 g/mol. The molecule has 1 aromatic carbocycles. The van der Waals surface area contributed by atoms with Gasteiger partial charge in [-0.3, -0.25) is 4.79 Å². The Balaban J connectivity index is 2.51. The number of rotatable bonds is 2. The highest BCUT2D eigenvalue weighted by Gasteiger charge is 2.21. The summed E-state index contributed by atoms with van der Waals surface area (Å²) in [5, 5.41) is 8.25. The third-order valence-electron chi connectivity index (χ3n) is 2.63. The van der Waals surface area contributed by atoms with Gasteiger partial charge < -0.3 is 10.2 Å². The molecule has 0 fully saturated rings. The summed E-state index contributed by atoms with van der Waals surface area (Å²) < 4.78 is 5.18. The first-order chi connectivity index (χ1) is 9.18. The number of amides is 1. The van der Waals surface area contributed by atoms with Gasteiger partial charge in [-0.25, -0.2) is 4.79 Å². The largest absolute Gasteiger partial charge is 0.422 e. The van der Waals surface area contributed by atoms with Crippen LogP contribution in [0.25, 0.3) is 21.5 Å². The number of para-hydroxylation sites is 1. The molecule has 0 bridgehead atoms. The molecule has 0 aliphatic heterocycles. The van der Waals surface area contributed by atoms with E-state index >= 15 is 0 Å². The van der Waals surface area contributed by atoms with E-state index in [1.165, 1.54) is 5.51 Å². The number of nitrogens with zero attached hydrogens (tertiary/aromatic N) is 2. The Morgan fingerprint density at radius 1 is 1.32 bits per heavy atom. The summed E-state index contributed by atoms with van der Waals surface area (Å²) in [6, 6.07) is 6.72. The Hall–Kier alpha value is -2.54. The minimum Gasteiger partial charge on any atom is -0.422 e. The minimum atomic E-state index is -0.700. The van der Waals surface area contributed by atoms with Gasteiger partial charge in [0.25, 0.3) is 0 Å². The van der Waals surface area contributed by atoms with Crippen LogP contribution in [0.4, 0.5) is 0 Å². The van der Waals surface area contributed by atoms with Crippen molar-refractivity contribution in [3.8, 4) is 10.6 Å². The Bertz CT molecular complexity index is 824. The van der Waals surface area contributed by atoms with Crippen molar-refractivity contribution >= 4 is 28.2 Å². The van der Waals surface area contributed by atoms with E-state index < -0.39 is 11.5 Å². The number of hydrogen-bond donors (Lipinski definition) is 1. The summed E-state index contributed by atoms with van der Waals surface area (Å²) in [6.45, 7) is 0. The number of benzene rings is 1. The molecule has 94 valence electrons. The molecule has 2 aromatic heterocycles. The summed E-state index contributed by atoms with van der Waals surface area (Å²) in [6.07, 6.45) is 0. The smallest absolute Gasteiger partial charge is 0.347 e. The average Bonchev–Trinajstić information content (AvgIpc) is 2.90. The van der Waals surface area contributed by atoms with E-state index in [-0.39, 0.29) is 11.1 Å². The summed E-state index contributed by atoms with van der Waals surface area (Å²) in [7, 11) is 0. The van der Waals surface area contributed by atoms with Gasteiger partial charge in [0.15, 0.2) is 5.01 Å². The van der Waals surface area contributed by atoms with Crippen molar-refractivity contribution in [1.82, 2.24) is 10.2 Å². The quantitative estimate of drug-likeness (QED) is 0.712. The van der Waals surface area contributed by atoms with Crippen LogP contribution in [0.1, 0.15) is 10.4 Å². The van der Waals surface area contributed by atoms with E-state index in [9.17, 15) is 9.59 Å².